The lowest BCUT2D eigenvalue weighted by atomic mass is 9.83. The fraction of sp³-hybridized carbons (Fsp3) is 0.556. The van der Waals surface area contributed by atoms with Gasteiger partial charge < -0.3 is 0 Å². The van der Waals surface area contributed by atoms with E-state index in [0.29, 0.717) is 5.54 Å². The number of aromatic nitrogens is 3. The molecule has 1 unspecified atom stereocenters. The van der Waals surface area contributed by atoms with Crippen molar-refractivity contribution in [3.8, 4) is 0 Å². The number of hydrogen-bond donors (Lipinski definition) is 0. The molecule has 5 nitrogen and oxygen atoms in total. The van der Waals surface area contributed by atoms with Gasteiger partial charge in [0.25, 0.3) is 0 Å². The summed E-state index contributed by atoms with van der Waals surface area (Å²) in [5.74, 6) is 0. The van der Waals surface area contributed by atoms with Crippen LogP contribution in [0.3, 0.4) is 0 Å². The molecule has 0 amide bonds. The number of hydrogen-bond acceptors (Lipinski definition) is 4. The van der Waals surface area contributed by atoms with E-state index in [2.05, 4.69) is 51.1 Å². The van der Waals surface area contributed by atoms with Crippen LogP contribution in [0.25, 0.3) is 0 Å². The minimum atomic E-state index is 0.376. The first-order valence-corrected chi connectivity index (χ1v) is 8.51. The van der Waals surface area contributed by atoms with Crippen molar-refractivity contribution in [2.45, 2.75) is 38.4 Å². The second-order valence-electron chi connectivity index (χ2n) is 7.11. The molecule has 2 aromatic heterocycles. The second-order valence-corrected chi connectivity index (χ2v) is 7.11. The van der Waals surface area contributed by atoms with Gasteiger partial charge in [0.05, 0.1) is 11.4 Å². The maximum absolute atomic E-state index is 4.65. The summed E-state index contributed by atoms with van der Waals surface area (Å²) in [5, 5.41) is 4.53. The van der Waals surface area contributed by atoms with Crippen molar-refractivity contribution in [2.24, 2.45) is 7.05 Å². The van der Waals surface area contributed by atoms with Crippen LogP contribution in [0.1, 0.15) is 29.9 Å². The van der Waals surface area contributed by atoms with Gasteiger partial charge in [-0.1, -0.05) is 6.07 Å². The molecule has 2 aliphatic heterocycles. The van der Waals surface area contributed by atoms with E-state index in [1.165, 1.54) is 37.3 Å². The summed E-state index contributed by atoms with van der Waals surface area (Å²) in [6.45, 7) is 7.56. The Morgan fingerprint density at radius 3 is 2.65 bits per heavy atom. The molecule has 0 radical (unpaired) electrons. The van der Waals surface area contributed by atoms with Gasteiger partial charge in [-0.25, -0.2) is 0 Å². The van der Waals surface area contributed by atoms with Gasteiger partial charge in [-0.2, -0.15) is 5.10 Å². The van der Waals surface area contributed by atoms with E-state index in [1.807, 2.05) is 17.9 Å². The Balaban J connectivity index is 1.39. The summed E-state index contributed by atoms with van der Waals surface area (Å²) in [7, 11) is 1.99. The number of nitrogens with zero attached hydrogens (tertiary/aromatic N) is 5. The normalized spacial score (nSPS) is 25.1. The summed E-state index contributed by atoms with van der Waals surface area (Å²) in [6, 6.07) is 8.45. The molecule has 1 spiro atoms. The van der Waals surface area contributed by atoms with Crippen molar-refractivity contribution in [3.63, 3.8) is 0 Å². The van der Waals surface area contributed by atoms with Crippen LogP contribution >= 0.6 is 0 Å². The summed E-state index contributed by atoms with van der Waals surface area (Å²) >= 11 is 0. The van der Waals surface area contributed by atoms with Crippen LogP contribution in [-0.2, 0) is 20.1 Å². The lowest BCUT2D eigenvalue weighted by Gasteiger charge is -2.50. The SMILES string of the molecule is Cc1cccc(CN2CCC3(CCN3Cc3ccn(C)n3)C2)n1. The Morgan fingerprint density at radius 2 is 1.96 bits per heavy atom. The van der Waals surface area contributed by atoms with E-state index >= 15 is 0 Å². The number of pyridine rings is 1. The third-order valence-corrected chi connectivity index (χ3v) is 5.38. The smallest absolute Gasteiger partial charge is 0.0764 e. The molecule has 1 atom stereocenters. The quantitative estimate of drug-likeness (QED) is 0.865. The molecule has 5 heteroatoms. The standard InChI is InChI=1S/C18H25N5/c1-15-4-3-5-16(19-15)12-22-10-7-18(14-22)8-11-23(18)13-17-6-9-21(2)20-17/h3-6,9H,7-8,10-14H2,1-2H3. The highest BCUT2D eigenvalue weighted by Crippen LogP contribution is 2.40. The molecule has 2 fully saturated rings. The van der Waals surface area contributed by atoms with E-state index in [9.17, 15) is 0 Å². The van der Waals surface area contributed by atoms with Crippen molar-refractivity contribution < 1.29 is 0 Å². The molecule has 0 N–H and O–H groups in total. The first kappa shape index (κ1) is 14.8. The Morgan fingerprint density at radius 1 is 1.09 bits per heavy atom. The molecule has 122 valence electrons. The molecule has 0 saturated carbocycles. The van der Waals surface area contributed by atoms with Crippen molar-refractivity contribution in [2.75, 3.05) is 19.6 Å². The van der Waals surface area contributed by atoms with Crippen LogP contribution in [0.2, 0.25) is 0 Å². The Labute approximate surface area is 137 Å². The molecule has 4 heterocycles. The van der Waals surface area contributed by atoms with Gasteiger partial charge in [0.2, 0.25) is 0 Å². The average molecular weight is 311 g/mol. The minimum Gasteiger partial charge on any atom is -0.296 e. The number of likely N-dealkylation sites (tertiary alicyclic amines) is 2. The molecule has 2 saturated heterocycles. The highest BCUT2D eigenvalue weighted by Gasteiger charge is 2.48. The molecule has 23 heavy (non-hydrogen) atoms. The lowest BCUT2D eigenvalue weighted by molar-refractivity contribution is -0.0157. The van der Waals surface area contributed by atoms with E-state index in [-0.39, 0.29) is 0 Å². The van der Waals surface area contributed by atoms with Crippen LogP contribution in [0, 0.1) is 6.92 Å². The van der Waals surface area contributed by atoms with Crippen LogP contribution < -0.4 is 0 Å². The fourth-order valence-electron chi connectivity index (χ4n) is 4.03. The maximum Gasteiger partial charge on any atom is 0.0764 e. The first-order valence-electron chi connectivity index (χ1n) is 8.51. The molecule has 4 rings (SSSR count). The molecule has 0 aliphatic carbocycles. The van der Waals surface area contributed by atoms with Crippen molar-refractivity contribution in [1.82, 2.24) is 24.6 Å². The van der Waals surface area contributed by atoms with Gasteiger partial charge in [0.1, 0.15) is 0 Å². The molecule has 0 bridgehead atoms. The lowest BCUT2D eigenvalue weighted by Crippen LogP contribution is -2.60. The van der Waals surface area contributed by atoms with Crippen LogP contribution in [0.5, 0.6) is 0 Å². The van der Waals surface area contributed by atoms with E-state index in [4.69, 9.17) is 0 Å². The van der Waals surface area contributed by atoms with Crippen molar-refractivity contribution in [1.29, 1.82) is 0 Å². The van der Waals surface area contributed by atoms with Gasteiger partial charge >= 0.3 is 0 Å². The van der Waals surface area contributed by atoms with Crippen LogP contribution in [0.15, 0.2) is 30.5 Å². The summed E-state index contributed by atoms with van der Waals surface area (Å²) in [5.41, 5.74) is 3.86. The predicted octanol–water partition coefficient (Wildman–Crippen LogP) is 1.97. The van der Waals surface area contributed by atoms with E-state index in [0.717, 1.165) is 25.3 Å². The van der Waals surface area contributed by atoms with Crippen LogP contribution in [-0.4, -0.2) is 49.7 Å². The van der Waals surface area contributed by atoms with E-state index < -0.39 is 0 Å². The van der Waals surface area contributed by atoms with Gasteiger partial charge in [-0.3, -0.25) is 19.5 Å². The molecule has 0 aromatic carbocycles. The van der Waals surface area contributed by atoms with Crippen LogP contribution in [0.4, 0.5) is 0 Å². The maximum atomic E-state index is 4.65. The summed E-state index contributed by atoms with van der Waals surface area (Å²) in [4.78, 5) is 9.84. The Bertz CT molecular complexity index is 694. The van der Waals surface area contributed by atoms with Gasteiger partial charge in [0.15, 0.2) is 0 Å². The minimum absolute atomic E-state index is 0.376. The highest BCUT2D eigenvalue weighted by atomic mass is 15.3. The number of rotatable bonds is 4. The zero-order valence-corrected chi connectivity index (χ0v) is 14.1. The van der Waals surface area contributed by atoms with Gasteiger partial charge in [-0.05, 0) is 38.0 Å². The molecule has 2 aromatic rings. The molecule has 2 aliphatic rings. The van der Waals surface area contributed by atoms with E-state index in [1.54, 1.807) is 0 Å². The topological polar surface area (TPSA) is 37.2 Å². The zero-order valence-electron chi connectivity index (χ0n) is 14.1. The van der Waals surface area contributed by atoms with Gasteiger partial charge in [-0.15, -0.1) is 0 Å². The summed E-state index contributed by atoms with van der Waals surface area (Å²) < 4.78 is 1.89. The Kier molecular flexibility index (Phi) is 3.70. The third kappa shape index (κ3) is 2.91. The van der Waals surface area contributed by atoms with Crippen molar-refractivity contribution in [3.05, 3.63) is 47.5 Å². The highest BCUT2D eigenvalue weighted by molar-refractivity contribution is 5.13. The Hall–Kier alpha value is -1.72. The van der Waals surface area contributed by atoms with Gasteiger partial charge in [0, 0.05) is 57.2 Å². The molecular weight excluding hydrogens is 286 g/mol. The second kappa shape index (κ2) is 5.73. The monoisotopic (exact) mass is 311 g/mol. The average Bonchev–Trinajstić information content (AvgIpc) is 3.12. The first-order chi connectivity index (χ1) is 11.1. The molecular formula is C18H25N5. The number of aryl methyl sites for hydroxylation is 2. The zero-order chi connectivity index (χ0) is 15.9. The third-order valence-electron chi connectivity index (χ3n) is 5.38. The fourth-order valence-corrected chi connectivity index (χ4v) is 4.03. The predicted molar refractivity (Wildman–Crippen MR) is 89.8 cm³/mol. The summed E-state index contributed by atoms with van der Waals surface area (Å²) in [6.07, 6.45) is 4.62. The van der Waals surface area contributed by atoms with Crippen molar-refractivity contribution >= 4 is 0 Å². The largest absolute Gasteiger partial charge is 0.296 e.